The smallest absolute Gasteiger partial charge is 0.258 e. The molecule has 7 nitrogen and oxygen atoms in total. The van der Waals surface area contributed by atoms with E-state index in [4.69, 9.17) is 17.3 Å². The van der Waals surface area contributed by atoms with Gasteiger partial charge in [0.05, 0.1) is 11.4 Å². The van der Waals surface area contributed by atoms with Crippen molar-refractivity contribution in [2.24, 2.45) is 11.7 Å². The summed E-state index contributed by atoms with van der Waals surface area (Å²) in [4.78, 5) is 41.9. The van der Waals surface area contributed by atoms with Gasteiger partial charge in [-0.3, -0.25) is 14.4 Å². The van der Waals surface area contributed by atoms with Gasteiger partial charge in [0.15, 0.2) is 0 Å². The van der Waals surface area contributed by atoms with E-state index in [1.165, 1.54) is 6.42 Å². The average Bonchev–Trinajstić information content (AvgIpc) is 3.11. The predicted molar refractivity (Wildman–Crippen MR) is 154 cm³/mol. The highest BCUT2D eigenvalue weighted by molar-refractivity contribution is 6.30. The van der Waals surface area contributed by atoms with E-state index < -0.39 is 0 Å². The van der Waals surface area contributed by atoms with Gasteiger partial charge in [-0.05, 0) is 72.4 Å². The van der Waals surface area contributed by atoms with E-state index in [-0.39, 0.29) is 36.1 Å². The normalized spacial score (nSPS) is 17.6. The Kier molecular flexibility index (Phi) is 8.29. The Hall–Kier alpha value is -3.68. The van der Waals surface area contributed by atoms with Crippen molar-refractivity contribution >= 4 is 40.7 Å². The van der Waals surface area contributed by atoms with Gasteiger partial charge in [0.1, 0.15) is 0 Å². The number of fused-ring (bicyclic) bond motifs is 1. The molecule has 3 amide bonds. The number of nitrogens with two attached hydrogens (primary N) is 1. The third-order valence-electron chi connectivity index (χ3n) is 7.70. The Morgan fingerprint density at radius 1 is 0.949 bits per heavy atom. The van der Waals surface area contributed by atoms with Crippen LogP contribution in [0.25, 0.3) is 0 Å². The van der Waals surface area contributed by atoms with Crippen LogP contribution in [-0.2, 0) is 17.9 Å². The minimum absolute atomic E-state index is 0.158. The number of amides is 3. The van der Waals surface area contributed by atoms with Crippen LogP contribution in [0.2, 0.25) is 5.02 Å². The number of rotatable bonds is 6. The molecule has 0 bridgehead atoms. The Balaban J connectivity index is 1.46. The number of hydrogen-bond donors (Lipinski definition) is 3. The van der Waals surface area contributed by atoms with E-state index in [0.29, 0.717) is 40.6 Å². The van der Waals surface area contributed by atoms with Gasteiger partial charge in [-0.2, -0.15) is 0 Å². The number of nitrogens with zero attached hydrogens (tertiary/aromatic N) is 1. The molecule has 0 aromatic heterocycles. The van der Waals surface area contributed by atoms with Crippen LogP contribution in [0.1, 0.15) is 70.4 Å². The summed E-state index contributed by atoms with van der Waals surface area (Å²) in [6, 6.07) is 19.4. The van der Waals surface area contributed by atoms with Crippen LogP contribution in [0.15, 0.2) is 66.7 Å². The fraction of sp³-hybridized carbons (Fsp3) is 0.323. The highest BCUT2D eigenvalue weighted by Gasteiger charge is 2.38. The molecular formula is C31H33ClN4O3. The minimum Gasteiger partial charge on any atom is -0.348 e. The van der Waals surface area contributed by atoms with Crippen LogP contribution in [0, 0.1) is 5.92 Å². The zero-order valence-electron chi connectivity index (χ0n) is 21.8. The molecule has 202 valence electrons. The Morgan fingerprint density at radius 3 is 2.41 bits per heavy atom. The molecule has 1 fully saturated rings. The van der Waals surface area contributed by atoms with Gasteiger partial charge in [-0.15, -0.1) is 0 Å². The van der Waals surface area contributed by atoms with E-state index in [2.05, 4.69) is 10.6 Å². The molecule has 3 aromatic carbocycles. The Labute approximate surface area is 233 Å². The highest BCUT2D eigenvalue weighted by atomic mass is 35.5. The van der Waals surface area contributed by atoms with Gasteiger partial charge >= 0.3 is 0 Å². The van der Waals surface area contributed by atoms with E-state index in [1.54, 1.807) is 47.4 Å². The molecule has 1 aliphatic carbocycles. The molecule has 0 saturated heterocycles. The number of benzene rings is 3. The molecular weight excluding hydrogens is 512 g/mol. The SMILES string of the molecule is NCc1cccc(CNC(=O)c2ccc3c(c2)NC(=O)CC(C2CCCCC2)N3C(=O)c2ccc(Cl)cc2)c1. The van der Waals surface area contributed by atoms with E-state index in [0.717, 1.165) is 36.8 Å². The molecule has 1 unspecified atom stereocenters. The summed E-state index contributed by atoms with van der Waals surface area (Å²) >= 11 is 6.08. The summed E-state index contributed by atoms with van der Waals surface area (Å²) in [7, 11) is 0. The second kappa shape index (κ2) is 12.0. The molecule has 8 heteroatoms. The van der Waals surface area contributed by atoms with Crippen molar-refractivity contribution in [3.8, 4) is 0 Å². The first-order chi connectivity index (χ1) is 18.9. The topological polar surface area (TPSA) is 105 Å². The predicted octanol–water partition coefficient (Wildman–Crippen LogP) is 5.67. The van der Waals surface area contributed by atoms with E-state index in [9.17, 15) is 14.4 Å². The molecule has 5 rings (SSSR count). The summed E-state index contributed by atoms with van der Waals surface area (Å²) in [5.41, 5.74) is 9.63. The second-order valence-corrected chi connectivity index (χ2v) is 10.8. The molecule has 39 heavy (non-hydrogen) atoms. The number of nitrogens with one attached hydrogen (secondary N) is 2. The van der Waals surface area contributed by atoms with Crippen LogP contribution in [0.3, 0.4) is 0 Å². The molecule has 1 heterocycles. The first-order valence-electron chi connectivity index (χ1n) is 13.5. The quantitative estimate of drug-likeness (QED) is 0.372. The number of hydrogen-bond acceptors (Lipinski definition) is 4. The minimum atomic E-state index is -0.274. The molecule has 1 saturated carbocycles. The molecule has 1 aliphatic heterocycles. The maximum Gasteiger partial charge on any atom is 0.258 e. The first kappa shape index (κ1) is 26.9. The standard InChI is InChI=1S/C31H33ClN4O3/c32-25-12-9-23(10-13-25)31(39)36-27-14-11-24(30(38)34-19-21-6-4-5-20(15-21)18-33)16-26(27)35-29(37)17-28(36)22-7-2-1-3-8-22/h4-6,9-16,22,28H,1-3,7-8,17-19,33H2,(H,34,38)(H,35,37). The monoisotopic (exact) mass is 544 g/mol. The zero-order valence-corrected chi connectivity index (χ0v) is 22.5. The number of carbonyl (C=O) groups excluding carboxylic acids is 3. The zero-order chi connectivity index (χ0) is 27.4. The molecule has 0 spiro atoms. The van der Waals surface area contributed by atoms with Gasteiger partial charge < -0.3 is 21.3 Å². The number of carbonyl (C=O) groups is 3. The summed E-state index contributed by atoms with van der Waals surface area (Å²) < 4.78 is 0. The fourth-order valence-corrected chi connectivity index (χ4v) is 5.81. The van der Waals surface area contributed by atoms with Crippen molar-refractivity contribution in [1.82, 2.24) is 5.32 Å². The Bertz CT molecular complexity index is 1370. The van der Waals surface area contributed by atoms with Crippen molar-refractivity contribution in [2.75, 3.05) is 10.2 Å². The van der Waals surface area contributed by atoms with Crippen LogP contribution in [0.4, 0.5) is 11.4 Å². The number of anilines is 2. The maximum atomic E-state index is 14.0. The lowest BCUT2D eigenvalue weighted by Gasteiger charge is -2.37. The largest absolute Gasteiger partial charge is 0.348 e. The van der Waals surface area contributed by atoms with Crippen molar-refractivity contribution in [1.29, 1.82) is 0 Å². The van der Waals surface area contributed by atoms with Crippen molar-refractivity contribution in [3.05, 3.63) is 94.0 Å². The van der Waals surface area contributed by atoms with Gasteiger partial charge in [-0.1, -0.05) is 55.1 Å². The summed E-state index contributed by atoms with van der Waals surface area (Å²) in [6.45, 7) is 0.778. The van der Waals surface area contributed by atoms with Gasteiger partial charge in [0, 0.05) is 41.7 Å². The van der Waals surface area contributed by atoms with Gasteiger partial charge in [0.2, 0.25) is 5.91 Å². The second-order valence-electron chi connectivity index (χ2n) is 10.3. The fourth-order valence-electron chi connectivity index (χ4n) is 5.69. The van der Waals surface area contributed by atoms with Crippen LogP contribution < -0.4 is 21.3 Å². The van der Waals surface area contributed by atoms with Crippen LogP contribution >= 0.6 is 11.6 Å². The Morgan fingerprint density at radius 2 is 1.67 bits per heavy atom. The first-order valence-corrected chi connectivity index (χ1v) is 13.9. The van der Waals surface area contributed by atoms with E-state index >= 15 is 0 Å². The van der Waals surface area contributed by atoms with Crippen molar-refractivity contribution in [2.45, 2.75) is 57.7 Å². The van der Waals surface area contributed by atoms with Crippen LogP contribution in [0.5, 0.6) is 0 Å². The van der Waals surface area contributed by atoms with Crippen LogP contribution in [-0.4, -0.2) is 23.8 Å². The van der Waals surface area contributed by atoms with Crippen molar-refractivity contribution < 1.29 is 14.4 Å². The third-order valence-corrected chi connectivity index (χ3v) is 7.95. The summed E-state index contributed by atoms with van der Waals surface area (Å²) in [5.74, 6) is -0.390. The molecule has 4 N–H and O–H groups in total. The van der Waals surface area contributed by atoms with Crippen molar-refractivity contribution in [3.63, 3.8) is 0 Å². The molecule has 3 aromatic rings. The average molecular weight is 545 g/mol. The molecule has 1 atom stereocenters. The molecule has 2 aliphatic rings. The highest BCUT2D eigenvalue weighted by Crippen LogP contribution is 2.39. The molecule has 0 radical (unpaired) electrons. The third kappa shape index (κ3) is 6.15. The summed E-state index contributed by atoms with van der Waals surface area (Å²) in [5, 5.41) is 6.46. The van der Waals surface area contributed by atoms with Gasteiger partial charge in [-0.25, -0.2) is 0 Å². The lowest BCUT2D eigenvalue weighted by Crippen LogP contribution is -2.46. The van der Waals surface area contributed by atoms with E-state index in [1.807, 2.05) is 24.3 Å². The van der Waals surface area contributed by atoms with Gasteiger partial charge in [0.25, 0.3) is 11.8 Å². The number of halogens is 1. The maximum absolute atomic E-state index is 14.0. The lowest BCUT2D eigenvalue weighted by molar-refractivity contribution is -0.116. The lowest BCUT2D eigenvalue weighted by atomic mass is 9.81. The summed E-state index contributed by atoms with van der Waals surface area (Å²) in [6.07, 6.45) is 5.51.